The summed E-state index contributed by atoms with van der Waals surface area (Å²) in [5.74, 6) is 1.53. The van der Waals surface area contributed by atoms with Crippen LogP contribution in [0.1, 0.15) is 48.5 Å². The molecule has 204 valence electrons. The minimum absolute atomic E-state index is 0.0114. The Morgan fingerprint density at radius 1 is 0.897 bits per heavy atom. The van der Waals surface area contributed by atoms with Crippen molar-refractivity contribution in [3.8, 4) is 11.5 Å². The number of likely N-dealkylation sites (tertiary alicyclic amines) is 1. The van der Waals surface area contributed by atoms with E-state index in [0.29, 0.717) is 11.4 Å². The Morgan fingerprint density at radius 2 is 1.64 bits per heavy atom. The topological polar surface area (TPSA) is 56.6 Å². The Bertz CT molecular complexity index is 1470. The Morgan fingerprint density at radius 3 is 2.41 bits per heavy atom. The lowest BCUT2D eigenvalue weighted by Crippen LogP contribution is -2.30. The number of rotatable bonds is 9. The van der Waals surface area contributed by atoms with E-state index in [2.05, 4.69) is 17.0 Å². The largest absolute Gasteiger partial charge is 0.493 e. The van der Waals surface area contributed by atoms with E-state index >= 15 is 0 Å². The van der Waals surface area contributed by atoms with Crippen LogP contribution in [0.25, 0.3) is 10.8 Å². The van der Waals surface area contributed by atoms with Crippen molar-refractivity contribution in [3.05, 3.63) is 98.9 Å². The predicted octanol–water partition coefficient (Wildman–Crippen LogP) is 6.32. The van der Waals surface area contributed by atoms with Gasteiger partial charge in [0.15, 0.2) is 11.5 Å². The van der Waals surface area contributed by atoms with Gasteiger partial charge in [-0.2, -0.15) is 5.10 Å². The molecule has 5 rings (SSSR count). The molecule has 0 saturated carbocycles. The first-order chi connectivity index (χ1) is 19.1. The quantitative estimate of drug-likeness (QED) is 0.246. The van der Waals surface area contributed by atoms with Crippen LogP contribution in [0.2, 0.25) is 5.02 Å². The van der Waals surface area contributed by atoms with Gasteiger partial charge in [-0.05, 0) is 86.7 Å². The van der Waals surface area contributed by atoms with Crippen LogP contribution in [-0.2, 0) is 12.8 Å². The van der Waals surface area contributed by atoms with Crippen LogP contribution in [0.15, 0.2) is 71.5 Å². The zero-order valence-corrected chi connectivity index (χ0v) is 23.5. The van der Waals surface area contributed by atoms with Crippen LogP contribution in [-0.4, -0.2) is 48.5 Å². The summed E-state index contributed by atoms with van der Waals surface area (Å²) in [6.07, 6.45) is 5.64. The molecule has 0 aliphatic carbocycles. The predicted molar refractivity (Wildman–Crippen MR) is 157 cm³/mol. The van der Waals surface area contributed by atoms with Gasteiger partial charge in [0.2, 0.25) is 0 Å². The second-order valence-corrected chi connectivity index (χ2v) is 10.7. The smallest absolute Gasteiger partial charge is 0.274 e. The maximum absolute atomic E-state index is 13.5. The van der Waals surface area contributed by atoms with Gasteiger partial charge in [0.25, 0.3) is 5.56 Å². The molecule has 7 heteroatoms. The molecule has 4 aromatic rings. The summed E-state index contributed by atoms with van der Waals surface area (Å²) < 4.78 is 12.6. The molecule has 1 fully saturated rings. The number of hydrogen-bond acceptors (Lipinski definition) is 5. The fraction of sp³-hybridized carbons (Fsp3) is 0.375. The SMILES string of the molecule is COc1ccc(CCCN2CCCC(n3nc(Cc4ccc(Cl)cc4)c4ccccc4c3=O)CC2)cc1OC. The molecule has 6 nitrogen and oxygen atoms in total. The first-order valence-electron chi connectivity index (χ1n) is 13.7. The third kappa shape index (κ3) is 6.45. The summed E-state index contributed by atoms with van der Waals surface area (Å²) in [6, 6.07) is 22.0. The summed E-state index contributed by atoms with van der Waals surface area (Å²) in [6.45, 7) is 3.04. The van der Waals surface area contributed by atoms with E-state index in [1.807, 2.05) is 54.6 Å². The van der Waals surface area contributed by atoms with E-state index in [4.69, 9.17) is 26.2 Å². The van der Waals surface area contributed by atoms with Gasteiger partial charge in [0.05, 0.1) is 31.3 Å². The van der Waals surface area contributed by atoms with Gasteiger partial charge < -0.3 is 14.4 Å². The van der Waals surface area contributed by atoms with E-state index in [0.717, 1.165) is 85.3 Å². The van der Waals surface area contributed by atoms with Gasteiger partial charge in [-0.15, -0.1) is 0 Å². The third-order valence-corrected chi connectivity index (χ3v) is 7.97. The lowest BCUT2D eigenvalue weighted by molar-refractivity contribution is 0.275. The van der Waals surface area contributed by atoms with Gasteiger partial charge in [0, 0.05) is 23.4 Å². The molecule has 0 bridgehead atoms. The number of fused-ring (bicyclic) bond motifs is 1. The van der Waals surface area contributed by atoms with Crippen LogP contribution >= 0.6 is 11.6 Å². The molecular weight excluding hydrogens is 510 g/mol. The van der Waals surface area contributed by atoms with Crippen LogP contribution in [0.4, 0.5) is 0 Å². The summed E-state index contributed by atoms with van der Waals surface area (Å²) in [7, 11) is 3.33. The van der Waals surface area contributed by atoms with Crippen molar-refractivity contribution >= 4 is 22.4 Å². The lowest BCUT2D eigenvalue weighted by atomic mass is 10.0. The number of nitrogens with zero attached hydrogens (tertiary/aromatic N) is 3. The Kier molecular flexibility index (Phi) is 8.84. The summed E-state index contributed by atoms with van der Waals surface area (Å²) in [5.41, 5.74) is 3.32. The van der Waals surface area contributed by atoms with E-state index in [9.17, 15) is 4.79 Å². The van der Waals surface area contributed by atoms with E-state index < -0.39 is 0 Å². The highest BCUT2D eigenvalue weighted by molar-refractivity contribution is 6.30. The molecule has 2 heterocycles. The average Bonchev–Trinajstić information content (AvgIpc) is 3.21. The van der Waals surface area contributed by atoms with E-state index in [-0.39, 0.29) is 11.6 Å². The van der Waals surface area contributed by atoms with Gasteiger partial charge >= 0.3 is 0 Å². The second-order valence-electron chi connectivity index (χ2n) is 10.3. The highest BCUT2D eigenvalue weighted by atomic mass is 35.5. The van der Waals surface area contributed by atoms with Crippen molar-refractivity contribution in [2.75, 3.05) is 33.9 Å². The van der Waals surface area contributed by atoms with Crippen molar-refractivity contribution < 1.29 is 9.47 Å². The third-order valence-electron chi connectivity index (χ3n) is 7.71. The van der Waals surface area contributed by atoms with Gasteiger partial charge in [0.1, 0.15) is 0 Å². The molecule has 0 amide bonds. The molecule has 1 unspecified atom stereocenters. The van der Waals surface area contributed by atoms with Crippen LogP contribution in [0, 0.1) is 0 Å². The molecule has 3 aromatic carbocycles. The van der Waals surface area contributed by atoms with Crippen LogP contribution in [0.5, 0.6) is 11.5 Å². The number of aromatic nitrogens is 2. The molecule has 1 aromatic heterocycles. The normalized spacial score (nSPS) is 16.2. The molecule has 1 aliphatic heterocycles. The molecule has 39 heavy (non-hydrogen) atoms. The number of halogens is 1. The number of methoxy groups -OCH3 is 2. The number of hydrogen-bond donors (Lipinski definition) is 0. The van der Waals surface area contributed by atoms with E-state index in [1.54, 1.807) is 18.9 Å². The van der Waals surface area contributed by atoms with E-state index in [1.165, 1.54) is 5.56 Å². The highest BCUT2D eigenvalue weighted by Gasteiger charge is 2.22. The summed E-state index contributed by atoms with van der Waals surface area (Å²) >= 11 is 6.10. The van der Waals surface area contributed by atoms with Gasteiger partial charge in [-0.3, -0.25) is 4.79 Å². The molecule has 0 N–H and O–H groups in total. The maximum Gasteiger partial charge on any atom is 0.274 e. The molecular formula is C32H36ClN3O3. The Hall–Kier alpha value is -3.35. The summed E-state index contributed by atoms with van der Waals surface area (Å²) in [5, 5.41) is 7.36. The molecule has 1 atom stereocenters. The molecule has 1 saturated heterocycles. The Labute approximate surface area is 235 Å². The number of benzene rings is 3. The minimum atomic E-state index is 0.0114. The van der Waals surface area contributed by atoms with Crippen molar-refractivity contribution in [2.24, 2.45) is 0 Å². The fourth-order valence-electron chi connectivity index (χ4n) is 5.60. The first-order valence-corrected chi connectivity index (χ1v) is 14.1. The maximum atomic E-state index is 13.5. The van der Waals surface area contributed by atoms with Gasteiger partial charge in [-0.25, -0.2) is 4.68 Å². The second kappa shape index (κ2) is 12.7. The fourth-order valence-corrected chi connectivity index (χ4v) is 5.72. The first kappa shape index (κ1) is 27.2. The standard InChI is InChI=1S/C32H36ClN3O3/c1-38-30-16-13-23(22-31(30)39-2)7-5-18-35-19-6-8-26(17-20-35)36-32(37)28-10-4-3-9-27(28)29(34-36)21-24-11-14-25(33)15-12-24/h3-4,9-16,22,26H,5-8,17-21H2,1-2H3. The minimum Gasteiger partial charge on any atom is -0.493 e. The number of aryl methyl sites for hydroxylation is 1. The zero-order chi connectivity index (χ0) is 27.2. The zero-order valence-electron chi connectivity index (χ0n) is 22.7. The monoisotopic (exact) mass is 545 g/mol. The highest BCUT2D eigenvalue weighted by Crippen LogP contribution is 2.28. The lowest BCUT2D eigenvalue weighted by Gasteiger charge is -2.21. The van der Waals surface area contributed by atoms with Crippen molar-refractivity contribution in [1.82, 2.24) is 14.7 Å². The van der Waals surface area contributed by atoms with Crippen molar-refractivity contribution in [1.29, 1.82) is 0 Å². The Balaban J connectivity index is 1.27. The van der Waals surface area contributed by atoms with Crippen molar-refractivity contribution in [2.45, 2.75) is 44.6 Å². The molecule has 1 aliphatic rings. The van der Waals surface area contributed by atoms with Crippen LogP contribution < -0.4 is 15.0 Å². The van der Waals surface area contributed by atoms with Crippen LogP contribution in [0.3, 0.4) is 0 Å². The molecule has 0 radical (unpaired) electrons. The van der Waals surface area contributed by atoms with Crippen molar-refractivity contribution in [3.63, 3.8) is 0 Å². The number of ether oxygens (including phenoxy) is 2. The summed E-state index contributed by atoms with van der Waals surface area (Å²) in [4.78, 5) is 16.1. The average molecular weight is 546 g/mol. The van der Waals surface area contributed by atoms with Gasteiger partial charge in [-0.1, -0.05) is 48.0 Å². The molecule has 0 spiro atoms.